The molecule has 6 nitrogen and oxygen atoms in total. The van der Waals surface area contributed by atoms with Gasteiger partial charge in [-0.25, -0.2) is 0 Å². The van der Waals surface area contributed by atoms with Crippen molar-refractivity contribution in [1.29, 1.82) is 0 Å². The monoisotopic (exact) mass is 267 g/mol. The summed E-state index contributed by atoms with van der Waals surface area (Å²) in [7, 11) is 0. The highest BCUT2D eigenvalue weighted by atomic mass is 16.5. The smallest absolute Gasteiger partial charge is 0.239 e. The molecule has 106 valence electrons. The number of aromatic nitrogens is 1. The second kappa shape index (κ2) is 6.58. The van der Waals surface area contributed by atoms with E-state index >= 15 is 0 Å². The van der Waals surface area contributed by atoms with Crippen LogP contribution in [0.4, 0.5) is 11.5 Å². The minimum atomic E-state index is -0.0658. The SMILES string of the molecule is CCCOc1nc(N2CCOCC2CO)ccc1N. The minimum Gasteiger partial charge on any atom is -0.476 e. The van der Waals surface area contributed by atoms with E-state index in [1.54, 1.807) is 6.07 Å². The Hall–Kier alpha value is -1.53. The molecule has 1 saturated heterocycles. The number of morpholine rings is 1. The second-order valence-electron chi connectivity index (χ2n) is 4.52. The number of rotatable bonds is 5. The molecule has 19 heavy (non-hydrogen) atoms. The summed E-state index contributed by atoms with van der Waals surface area (Å²) < 4.78 is 10.9. The fourth-order valence-electron chi connectivity index (χ4n) is 2.02. The molecule has 1 aliphatic rings. The number of ether oxygens (including phenoxy) is 2. The van der Waals surface area contributed by atoms with Gasteiger partial charge in [-0.1, -0.05) is 6.92 Å². The number of hydrogen-bond donors (Lipinski definition) is 2. The van der Waals surface area contributed by atoms with Crippen molar-refractivity contribution in [2.45, 2.75) is 19.4 Å². The van der Waals surface area contributed by atoms with E-state index in [9.17, 15) is 5.11 Å². The van der Waals surface area contributed by atoms with E-state index in [-0.39, 0.29) is 12.6 Å². The Labute approximate surface area is 113 Å². The lowest BCUT2D eigenvalue weighted by Gasteiger charge is -2.35. The normalized spacial score (nSPS) is 19.5. The van der Waals surface area contributed by atoms with E-state index in [0.29, 0.717) is 37.9 Å². The summed E-state index contributed by atoms with van der Waals surface area (Å²) >= 11 is 0. The van der Waals surface area contributed by atoms with Gasteiger partial charge in [0.05, 0.1) is 38.2 Å². The van der Waals surface area contributed by atoms with Crippen molar-refractivity contribution in [3.63, 3.8) is 0 Å². The number of nitrogens with two attached hydrogens (primary N) is 1. The molecule has 1 atom stereocenters. The maximum Gasteiger partial charge on any atom is 0.239 e. The fourth-order valence-corrected chi connectivity index (χ4v) is 2.02. The van der Waals surface area contributed by atoms with Gasteiger partial charge in [-0.05, 0) is 18.6 Å². The van der Waals surface area contributed by atoms with Gasteiger partial charge in [0, 0.05) is 6.54 Å². The zero-order valence-corrected chi connectivity index (χ0v) is 11.2. The highest BCUT2D eigenvalue weighted by molar-refractivity contribution is 5.55. The molecular formula is C13H21N3O3. The van der Waals surface area contributed by atoms with Crippen LogP contribution < -0.4 is 15.4 Å². The number of pyridine rings is 1. The summed E-state index contributed by atoms with van der Waals surface area (Å²) in [6.45, 7) is 4.50. The Balaban J connectivity index is 2.18. The highest BCUT2D eigenvalue weighted by Crippen LogP contribution is 2.25. The Morgan fingerprint density at radius 3 is 3.16 bits per heavy atom. The summed E-state index contributed by atoms with van der Waals surface area (Å²) in [5.74, 6) is 1.23. The first-order chi connectivity index (χ1) is 9.26. The first-order valence-corrected chi connectivity index (χ1v) is 6.60. The molecule has 3 N–H and O–H groups in total. The molecule has 1 aromatic heterocycles. The first kappa shape index (κ1) is 13.9. The van der Waals surface area contributed by atoms with Crippen molar-refractivity contribution in [2.24, 2.45) is 0 Å². The van der Waals surface area contributed by atoms with Crippen LogP contribution in [0.2, 0.25) is 0 Å². The van der Waals surface area contributed by atoms with Gasteiger partial charge in [0.2, 0.25) is 5.88 Å². The molecule has 0 radical (unpaired) electrons. The van der Waals surface area contributed by atoms with Crippen LogP contribution in [-0.2, 0) is 4.74 Å². The molecule has 1 aliphatic heterocycles. The van der Waals surface area contributed by atoms with Crippen LogP contribution in [0.5, 0.6) is 5.88 Å². The predicted molar refractivity (Wildman–Crippen MR) is 73.5 cm³/mol. The number of nitrogen functional groups attached to an aromatic ring is 1. The quantitative estimate of drug-likeness (QED) is 0.815. The lowest BCUT2D eigenvalue weighted by Crippen LogP contribution is -2.48. The van der Waals surface area contributed by atoms with Crippen molar-refractivity contribution in [2.75, 3.05) is 43.6 Å². The van der Waals surface area contributed by atoms with Crippen LogP contribution in [0, 0.1) is 0 Å². The van der Waals surface area contributed by atoms with E-state index in [1.807, 2.05) is 17.9 Å². The third-order valence-corrected chi connectivity index (χ3v) is 3.05. The molecule has 1 unspecified atom stereocenters. The van der Waals surface area contributed by atoms with E-state index in [1.165, 1.54) is 0 Å². The summed E-state index contributed by atoms with van der Waals surface area (Å²) in [6.07, 6.45) is 0.905. The molecule has 2 heterocycles. The van der Waals surface area contributed by atoms with Gasteiger partial charge >= 0.3 is 0 Å². The minimum absolute atomic E-state index is 0.0389. The summed E-state index contributed by atoms with van der Waals surface area (Å²) in [5, 5.41) is 9.38. The van der Waals surface area contributed by atoms with Crippen molar-refractivity contribution in [3.8, 4) is 5.88 Å². The predicted octanol–water partition coefficient (Wildman–Crippen LogP) is 0.650. The summed E-state index contributed by atoms with van der Waals surface area (Å²) in [5.41, 5.74) is 6.38. The van der Waals surface area contributed by atoms with Crippen LogP contribution in [0.3, 0.4) is 0 Å². The lowest BCUT2D eigenvalue weighted by molar-refractivity contribution is 0.0722. The summed E-state index contributed by atoms with van der Waals surface area (Å²) in [6, 6.07) is 3.57. The Kier molecular flexibility index (Phi) is 4.81. The van der Waals surface area contributed by atoms with Crippen molar-refractivity contribution in [3.05, 3.63) is 12.1 Å². The third-order valence-electron chi connectivity index (χ3n) is 3.05. The Bertz CT molecular complexity index is 414. The molecule has 0 saturated carbocycles. The Morgan fingerprint density at radius 2 is 2.42 bits per heavy atom. The van der Waals surface area contributed by atoms with E-state index in [4.69, 9.17) is 15.2 Å². The number of nitrogens with zero attached hydrogens (tertiary/aromatic N) is 2. The Morgan fingerprint density at radius 1 is 1.58 bits per heavy atom. The molecule has 1 fully saturated rings. The van der Waals surface area contributed by atoms with Crippen LogP contribution in [0.25, 0.3) is 0 Å². The van der Waals surface area contributed by atoms with Crippen molar-refractivity contribution in [1.82, 2.24) is 4.98 Å². The van der Waals surface area contributed by atoms with Crippen LogP contribution in [0.1, 0.15) is 13.3 Å². The topological polar surface area (TPSA) is 80.8 Å². The van der Waals surface area contributed by atoms with Crippen LogP contribution >= 0.6 is 0 Å². The molecule has 0 aliphatic carbocycles. The highest BCUT2D eigenvalue weighted by Gasteiger charge is 2.24. The maximum absolute atomic E-state index is 9.38. The number of aliphatic hydroxyl groups is 1. The molecule has 0 spiro atoms. The van der Waals surface area contributed by atoms with Gasteiger partial charge in [0.15, 0.2) is 0 Å². The van der Waals surface area contributed by atoms with Gasteiger partial charge in [-0.2, -0.15) is 4.98 Å². The second-order valence-corrected chi connectivity index (χ2v) is 4.52. The molecule has 1 aromatic rings. The van der Waals surface area contributed by atoms with Gasteiger partial charge in [0.1, 0.15) is 5.82 Å². The van der Waals surface area contributed by atoms with Gasteiger partial charge < -0.3 is 25.2 Å². The largest absolute Gasteiger partial charge is 0.476 e. The molecule has 0 amide bonds. The van der Waals surface area contributed by atoms with Crippen molar-refractivity contribution >= 4 is 11.5 Å². The third kappa shape index (κ3) is 3.27. The maximum atomic E-state index is 9.38. The molecule has 0 aromatic carbocycles. The number of anilines is 2. The van der Waals surface area contributed by atoms with E-state index in [0.717, 1.165) is 12.2 Å². The molecule has 0 bridgehead atoms. The van der Waals surface area contributed by atoms with Crippen LogP contribution in [-0.4, -0.2) is 49.1 Å². The zero-order chi connectivity index (χ0) is 13.7. The number of hydrogen-bond acceptors (Lipinski definition) is 6. The van der Waals surface area contributed by atoms with Crippen molar-refractivity contribution < 1.29 is 14.6 Å². The summed E-state index contributed by atoms with van der Waals surface area (Å²) in [4.78, 5) is 6.47. The van der Waals surface area contributed by atoms with Gasteiger partial charge in [-0.3, -0.25) is 0 Å². The van der Waals surface area contributed by atoms with Gasteiger partial charge in [-0.15, -0.1) is 0 Å². The van der Waals surface area contributed by atoms with E-state index < -0.39 is 0 Å². The fraction of sp³-hybridized carbons (Fsp3) is 0.615. The zero-order valence-electron chi connectivity index (χ0n) is 11.2. The number of aliphatic hydroxyl groups excluding tert-OH is 1. The average molecular weight is 267 g/mol. The average Bonchev–Trinajstić information content (AvgIpc) is 2.46. The lowest BCUT2D eigenvalue weighted by atomic mass is 10.2. The molecule has 2 rings (SSSR count). The van der Waals surface area contributed by atoms with Gasteiger partial charge in [0.25, 0.3) is 0 Å². The van der Waals surface area contributed by atoms with Crippen LogP contribution in [0.15, 0.2) is 12.1 Å². The molecule has 6 heteroatoms. The van der Waals surface area contributed by atoms with E-state index in [2.05, 4.69) is 4.98 Å². The first-order valence-electron chi connectivity index (χ1n) is 6.60. The molecular weight excluding hydrogens is 246 g/mol. The standard InChI is InChI=1S/C13H21N3O3/c1-2-6-19-13-11(14)3-4-12(15-13)16-5-7-18-9-10(16)8-17/h3-4,10,17H,2,5-9,14H2,1H3.